The van der Waals surface area contributed by atoms with Gasteiger partial charge in [-0.15, -0.1) is 0 Å². The van der Waals surface area contributed by atoms with Gasteiger partial charge in [0.1, 0.15) is 16.8 Å². The van der Waals surface area contributed by atoms with Crippen LogP contribution in [-0.2, 0) is 25.9 Å². The van der Waals surface area contributed by atoms with Gasteiger partial charge >= 0.3 is 17.5 Å². The van der Waals surface area contributed by atoms with Gasteiger partial charge in [-0.2, -0.15) is 13.2 Å². The normalized spacial score (nSPS) is 16.4. The van der Waals surface area contributed by atoms with Gasteiger partial charge in [0.2, 0.25) is 0 Å². The molecule has 0 N–H and O–H groups in total. The maximum atomic E-state index is 13.2. The number of ether oxygens (including phenoxy) is 1. The number of carbonyl (C=O) groups is 3. The van der Waals surface area contributed by atoms with Crippen LogP contribution in [0.15, 0.2) is 47.5 Å². The van der Waals surface area contributed by atoms with Crippen LogP contribution in [0.2, 0.25) is 0 Å². The SMILES string of the molecule is CC(C)(C)OC(=O)c1cc(CN2C(=O)N(c3ccc(S(=O)(=O)C(F)(F)F)cc3)C(=O)C2(C)C)ccn1. The van der Waals surface area contributed by atoms with Crippen LogP contribution in [0, 0.1) is 0 Å². The summed E-state index contributed by atoms with van der Waals surface area (Å²) in [7, 11) is -5.58. The van der Waals surface area contributed by atoms with E-state index in [0.717, 1.165) is 17.0 Å². The molecule has 3 amide bonds. The van der Waals surface area contributed by atoms with Crippen LogP contribution in [-0.4, -0.2) is 52.9 Å². The van der Waals surface area contributed by atoms with Crippen LogP contribution in [0.5, 0.6) is 0 Å². The summed E-state index contributed by atoms with van der Waals surface area (Å²) in [5.74, 6) is -1.33. The number of alkyl halides is 3. The number of benzene rings is 1. The number of esters is 1. The lowest BCUT2D eigenvalue weighted by Crippen LogP contribution is -2.43. The van der Waals surface area contributed by atoms with E-state index >= 15 is 0 Å². The van der Waals surface area contributed by atoms with Gasteiger partial charge in [-0.25, -0.2) is 27.9 Å². The van der Waals surface area contributed by atoms with Gasteiger partial charge in [0.05, 0.1) is 10.6 Å². The molecule has 0 spiro atoms. The van der Waals surface area contributed by atoms with Crippen molar-refractivity contribution in [2.24, 2.45) is 0 Å². The lowest BCUT2D eigenvalue weighted by molar-refractivity contribution is -0.123. The number of nitrogens with zero attached hydrogens (tertiary/aromatic N) is 3. The molecule has 2 heterocycles. The highest BCUT2D eigenvalue weighted by atomic mass is 32.2. The van der Waals surface area contributed by atoms with Crippen molar-refractivity contribution >= 4 is 33.4 Å². The van der Waals surface area contributed by atoms with E-state index in [4.69, 9.17) is 4.74 Å². The number of imide groups is 1. The fourth-order valence-corrected chi connectivity index (χ4v) is 4.20. The zero-order chi connectivity index (χ0) is 27.3. The molecule has 1 fully saturated rings. The van der Waals surface area contributed by atoms with Crippen LogP contribution in [0.3, 0.4) is 0 Å². The molecule has 13 heteroatoms. The minimum absolute atomic E-state index is 0.0107. The fraction of sp³-hybridized carbons (Fsp3) is 0.391. The van der Waals surface area contributed by atoms with Crippen molar-refractivity contribution in [3.8, 4) is 0 Å². The molecule has 0 aliphatic carbocycles. The number of carbonyl (C=O) groups excluding carboxylic acids is 3. The number of hydrogen-bond acceptors (Lipinski definition) is 7. The molecule has 3 rings (SSSR count). The predicted octanol–water partition coefficient (Wildman–Crippen LogP) is 4.08. The molecule has 0 atom stereocenters. The third-order valence-corrected chi connectivity index (χ3v) is 6.81. The summed E-state index contributed by atoms with van der Waals surface area (Å²) in [4.78, 5) is 43.6. The maximum absolute atomic E-state index is 13.2. The Kier molecular flexibility index (Phi) is 6.68. The minimum Gasteiger partial charge on any atom is -0.455 e. The lowest BCUT2D eigenvalue weighted by Gasteiger charge is -2.27. The zero-order valence-electron chi connectivity index (χ0n) is 20.1. The molecule has 194 valence electrons. The summed E-state index contributed by atoms with van der Waals surface area (Å²) in [6.45, 7) is 7.99. The smallest absolute Gasteiger partial charge is 0.455 e. The zero-order valence-corrected chi connectivity index (χ0v) is 20.9. The van der Waals surface area contributed by atoms with Crippen molar-refractivity contribution in [3.63, 3.8) is 0 Å². The molecular formula is C23H24F3N3O6S. The summed E-state index contributed by atoms with van der Waals surface area (Å²) >= 11 is 0. The molecule has 0 radical (unpaired) electrons. The number of pyridine rings is 1. The van der Waals surface area contributed by atoms with Gasteiger partial charge in [0.15, 0.2) is 0 Å². The van der Waals surface area contributed by atoms with E-state index in [-0.39, 0.29) is 17.9 Å². The number of hydrogen-bond donors (Lipinski definition) is 0. The van der Waals surface area contributed by atoms with Crippen LogP contribution >= 0.6 is 0 Å². The number of sulfone groups is 1. The number of anilines is 1. The summed E-state index contributed by atoms with van der Waals surface area (Å²) < 4.78 is 67.0. The first-order chi connectivity index (χ1) is 16.4. The van der Waals surface area contributed by atoms with Crippen molar-refractivity contribution in [1.82, 2.24) is 9.88 Å². The molecule has 36 heavy (non-hydrogen) atoms. The Bertz CT molecular complexity index is 1320. The topological polar surface area (TPSA) is 114 Å². The molecule has 1 saturated heterocycles. The molecule has 1 aromatic heterocycles. The van der Waals surface area contributed by atoms with Gasteiger partial charge in [-0.05, 0) is 76.6 Å². The molecule has 0 bridgehead atoms. The van der Waals surface area contributed by atoms with E-state index in [1.54, 1.807) is 26.8 Å². The molecule has 0 unspecified atom stereocenters. The molecule has 0 saturated carbocycles. The summed E-state index contributed by atoms with van der Waals surface area (Å²) in [5, 5.41) is 0. The van der Waals surface area contributed by atoms with Gasteiger partial charge in [0.25, 0.3) is 15.7 Å². The van der Waals surface area contributed by atoms with Gasteiger partial charge < -0.3 is 9.64 Å². The predicted molar refractivity (Wildman–Crippen MR) is 122 cm³/mol. The van der Waals surface area contributed by atoms with Crippen molar-refractivity contribution < 1.29 is 40.7 Å². The highest BCUT2D eigenvalue weighted by molar-refractivity contribution is 7.92. The average Bonchev–Trinajstić information content (AvgIpc) is 2.91. The largest absolute Gasteiger partial charge is 0.501 e. The second kappa shape index (κ2) is 8.87. The number of halogens is 3. The van der Waals surface area contributed by atoms with E-state index < -0.39 is 49.3 Å². The third-order valence-electron chi connectivity index (χ3n) is 5.31. The number of aromatic nitrogens is 1. The Hall–Kier alpha value is -3.48. The summed E-state index contributed by atoms with van der Waals surface area (Å²) in [6, 6.07) is 5.51. The summed E-state index contributed by atoms with van der Waals surface area (Å²) in [6.07, 6.45) is 1.36. The monoisotopic (exact) mass is 527 g/mol. The van der Waals surface area contributed by atoms with Crippen LogP contribution in [0.1, 0.15) is 50.7 Å². The Morgan fingerprint density at radius 1 is 1.06 bits per heavy atom. The number of urea groups is 1. The Morgan fingerprint density at radius 3 is 2.17 bits per heavy atom. The second-order valence-electron chi connectivity index (χ2n) is 9.56. The van der Waals surface area contributed by atoms with Crippen LogP contribution in [0.4, 0.5) is 23.7 Å². The Labute approximate surface area is 205 Å². The standard InChI is InChI=1S/C23H24F3N3O6S/c1-21(2,3)35-18(30)17-12-14(10-11-27-17)13-28-20(32)29(19(31)22(28,4)5)15-6-8-16(9-7-15)36(33,34)23(24,25)26/h6-12H,13H2,1-5H3. The molecular weight excluding hydrogens is 503 g/mol. The molecule has 1 aromatic carbocycles. The van der Waals surface area contributed by atoms with E-state index in [1.807, 2.05) is 0 Å². The molecule has 2 aromatic rings. The van der Waals surface area contributed by atoms with Crippen LogP contribution in [0.25, 0.3) is 0 Å². The fourth-order valence-electron chi connectivity index (χ4n) is 3.43. The molecule has 1 aliphatic rings. The lowest BCUT2D eigenvalue weighted by atomic mass is 10.0. The first-order valence-corrected chi connectivity index (χ1v) is 12.1. The highest BCUT2D eigenvalue weighted by Crippen LogP contribution is 2.35. The number of amides is 3. The third kappa shape index (κ3) is 5.06. The van der Waals surface area contributed by atoms with Gasteiger partial charge in [0, 0.05) is 12.7 Å². The Morgan fingerprint density at radius 2 is 1.64 bits per heavy atom. The van der Waals surface area contributed by atoms with Crippen LogP contribution < -0.4 is 4.90 Å². The first-order valence-electron chi connectivity index (χ1n) is 10.6. The number of rotatable bonds is 5. The summed E-state index contributed by atoms with van der Waals surface area (Å²) in [5.41, 5.74) is -7.20. The maximum Gasteiger partial charge on any atom is 0.501 e. The molecule has 9 nitrogen and oxygen atoms in total. The van der Waals surface area contributed by atoms with E-state index in [2.05, 4.69) is 4.98 Å². The minimum atomic E-state index is -5.58. The Balaban J connectivity index is 1.88. The van der Waals surface area contributed by atoms with Crippen molar-refractivity contribution in [2.75, 3.05) is 4.90 Å². The van der Waals surface area contributed by atoms with E-state index in [0.29, 0.717) is 17.7 Å². The van der Waals surface area contributed by atoms with Crippen molar-refractivity contribution in [3.05, 3.63) is 53.9 Å². The van der Waals surface area contributed by atoms with Gasteiger partial charge in [-0.1, -0.05) is 0 Å². The van der Waals surface area contributed by atoms with Crippen molar-refractivity contribution in [1.29, 1.82) is 0 Å². The quantitative estimate of drug-likeness (QED) is 0.425. The highest BCUT2D eigenvalue weighted by Gasteiger charge is 2.52. The average molecular weight is 528 g/mol. The van der Waals surface area contributed by atoms with Gasteiger partial charge in [-0.3, -0.25) is 4.79 Å². The van der Waals surface area contributed by atoms with E-state index in [9.17, 15) is 36.0 Å². The van der Waals surface area contributed by atoms with Crippen molar-refractivity contribution in [2.45, 2.75) is 62.7 Å². The van der Waals surface area contributed by atoms with E-state index in [1.165, 1.54) is 31.0 Å². The first kappa shape index (κ1) is 27.1. The molecule has 1 aliphatic heterocycles. The second-order valence-corrected chi connectivity index (χ2v) is 11.5.